The molecule has 2 heterocycles. The number of para-hydroxylation sites is 2. The maximum atomic E-state index is 6.39. The maximum Gasteiger partial charge on any atom is 0.161 e. The molecule has 0 atom stereocenters. The van der Waals surface area contributed by atoms with E-state index in [1.807, 2.05) is 49.4 Å². The molecule has 0 amide bonds. The molecule has 0 N–H and O–H groups in total. The van der Waals surface area contributed by atoms with E-state index in [0.717, 1.165) is 73.1 Å². The molecule has 0 aliphatic heterocycles. The lowest BCUT2D eigenvalue weighted by molar-refractivity contribution is 0.332. The minimum Gasteiger partial charge on any atom is -0.456 e. The number of allylic oxidation sites excluding steroid dienone is 1. The molecular formula is C57H49N3O. The van der Waals surface area contributed by atoms with E-state index in [2.05, 4.69) is 161 Å². The molecule has 61 heavy (non-hydrogen) atoms. The van der Waals surface area contributed by atoms with Crippen LogP contribution in [-0.2, 0) is 10.8 Å². The van der Waals surface area contributed by atoms with Crippen LogP contribution in [0.15, 0.2) is 191 Å². The fourth-order valence-corrected chi connectivity index (χ4v) is 9.51. The summed E-state index contributed by atoms with van der Waals surface area (Å²) in [5, 5.41) is 4.50. The molecule has 0 spiro atoms. The topological polar surface area (TPSA) is 42.8 Å². The normalized spacial score (nSPS) is 15.1. The van der Waals surface area contributed by atoms with Gasteiger partial charge in [-0.25, -0.2) is 9.98 Å². The maximum absolute atomic E-state index is 6.39. The Balaban J connectivity index is 1.18. The summed E-state index contributed by atoms with van der Waals surface area (Å²) in [4.78, 5) is 10.9. The van der Waals surface area contributed by atoms with Crippen LogP contribution in [0.4, 0.5) is 0 Å². The van der Waals surface area contributed by atoms with Gasteiger partial charge in [-0.1, -0.05) is 156 Å². The predicted octanol–water partition coefficient (Wildman–Crippen LogP) is 15.2. The predicted molar refractivity (Wildman–Crippen MR) is 259 cm³/mol. The van der Waals surface area contributed by atoms with E-state index in [9.17, 15) is 0 Å². The largest absolute Gasteiger partial charge is 0.456 e. The van der Waals surface area contributed by atoms with Gasteiger partial charge in [-0.3, -0.25) is 0 Å². The first-order valence-electron chi connectivity index (χ1n) is 21.3. The highest BCUT2D eigenvalue weighted by Crippen LogP contribution is 2.48. The summed E-state index contributed by atoms with van der Waals surface area (Å²) >= 11 is 0. The Morgan fingerprint density at radius 2 is 1.21 bits per heavy atom. The van der Waals surface area contributed by atoms with Crippen LogP contribution in [0.2, 0.25) is 0 Å². The summed E-state index contributed by atoms with van der Waals surface area (Å²) in [5.41, 5.74) is 15.2. The SMILES string of the molecule is C=C(C)C(=NC(=NC(=C)c1ccccc1-c1ccccc1)c1cccc2oc3ccccc3c12)c1cccc(-n2c3ccccc3c3cc4c(cc32)C(C)(C)CCC4(C)C)c1. The third kappa shape index (κ3) is 6.55. The van der Waals surface area contributed by atoms with E-state index in [1.54, 1.807) is 0 Å². The molecule has 298 valence electrons. The lowest BCUT2D eigenvalue weighted by Crippen LogP contribution is -2.33. The van der Waals surface area contributed by atoms with E-state index < -0.39 is 0 Å². The van der Waals surface area contributed by atoms with Gasteiger partial charge in [-0.15, -0.1) is 0 Å². The van der Waals surface area contributed by atoms with E-state index in [0.29, 0.717) is 11.5 Å². The van der Waals surface area contributed by atoms with E-state index in [-0.39, 0.29) is 10.8 Å². The molecule has 2 aromatic heterocycles. The van der Waals surface area contributed by atoms with Gasteiger partial charge in [0.05, 0.1) is 22.4 Å². The third-order valence-corrected chi connectivity index (χ3v) is 12.9. The molecule has 4 heteroatoms. The number of aliphatic imine (C=N–C) groups is 2. The molecule has 0 unspecified atom stereocenters. The summed E-state index contributed by atoms with van der Waals surface area (Å²) < 4.78 is 8.82. The number of hydrogen-bond donors (Lipinski definition) is 0. The highest BCUT2D eigenvalue weighted by Gasteiger charge is 2.38. The molecule has 1 aliphatic rings. The minimum atomic E-state index is 0.0759. The first-order chi connectivity index (χ1) is 29.5. The van der Waals surface area contributed by atoms with Gasteiger partial charge < -0.3 is 8.98 Å². The molecule has 1 aliphatic carbocycles. The fourth-order valence-electron chi connectivity index (χ4n) is 9.51. The second kappa shape index (κ2) is 14.6. The first kappa shape index (κ1) is 38.2. The molecule has 9 aromatic rings. The molecule has 0 saturated carbocycles. The first-order valence-corrected chi connectivity index (χ1v) is 21.3. The number of benzene rings is 7. The molecule has 0 fully saturated rings. The number of aromatic nitrogens is 1. The van der Waals surface area contributed by atoms with Crippen molar-refractivity contribution in [1.82, 2.24) is 4.57 Å². The Morgan fingerprint density at radius 3 is 2.00 bits per heavy atom. The van der Waals surface area contributed by atoms with Crippen LogP contribution in [0.5, 0.6) is 0 Å². The summed E-state index contributed by atoms with van der Waals surface area (Å²) in [7, 11) is 0. The van der Waals surface area contributed by atoms with Crippen molar-refractivity contribution in [2.45, 2.75) is 58.3 Å². The van der Waals surface area contributed by atoms with Crippen LogP contribution < -0.4 is 0 Å². The fraction of sp³-hybridized carbons (Fsp3) is 0.158. The van der Waals surface area contributed by atoms with Crippen molar-refractivity contribution in [2.24, 2.45) is 9.98 Å². The molecule has 0 bridgehead atoms. The van der Waals surface area contributed by atoms with Gasteiger partial charge in [-0.05, 0) is 101 Å². The van der Waals surface area contributed by atoms with Crippen LogP contribution >= 0.6 is 0 Å². The highest BCUT2D eigenvalue weighted by molar-refractivity contribution is 6.25. The number of rotatable bonds is 7. The Kier molecular flexibility index (Phi) is 9.14. The van der Waals surface area contributed by atoms with Crippen molar-refractivity contribution >= 4 is 61.0 Å². The van der Waals surface area contributed by atoms with Crippen molar-refractivity contribution in [3.63, 3.8) is 0 Å². The van der Waals surface area contributed by atoms with Crippen LogP contribution in [-0.4, -0.2) is 16.1 Å². The van der Waals surface area contributed by atoms with Gasteiger partial charge in [0, 0.05) is 43.9 Å². The molecule has 7 aromatic carbocycles. The number of hydrogen-bond acceptors (Lipinski definition) is 2. The lowest BCUT2D eigenvalue weighted by Gasteiger charge is -2.42. The zero-order valence-electron chi connectivity index (χ0n) is 35.6. The van der Waals surface area contributed by atoms with Crippen LogP contribution in [0.3, 0.4) is 0 Å². The van der Waals surface area contributed by atoms with Crippen LogP contribution in [0.1, 0.15) is 75.3 Å². The third-order valence-electron chi connectivity index (χ3n) is 12.9. The van der Waals surface area contributed by atoms with Crippen molar-refractivity contribution in [2.75, 3.05) is 0 Å². The van der Waals surface area contributed by atoms with Gasteiger partial charge in [0.25, 0.3) is 0 Å². The van der Waals surface area contributed by atoms with E-state index in [1.165, 1.54) is 39.4 Å². The summed E-state index contributed by atoms with van der Waals surface area (Å²) in [6, 6.07) is 55.4. The molecule has 10 rings (SSSR count). The van der Waals surface area contributed by atoms with Crippen molar-refractivity contribution < 1.29 is 4.42 Å². The Bertz CT molecular complexity index is 3290. The van der Waals surface area contributed by atoms with Crippen LogP contribution in [0.25, 0.3) is 66.3 Å². The second-order valence-electron chi connectivity index (χ2n) is 17.9. The van der Waals surface area contributed by atoms with Gasteiger partial charge >= 0.3 is 0 Å². The Hall–Kier alpha value is -7.04. The molecule has 4 nitrogen and oxygen atoms in total. The number of amidine groups is 1. The monoisotopic (exact) mass is 791 g/mol. The number of nitrogens with zero attached hydrogens (tertiary/aromatic N) is 3. The van der Waals surface area contributed by atoms with Crippen molar-refractivity contribution in [3.8, 4) is 16.8 Å². The van der Waals surface area contributed by atoms with Gasteiger partial charge in [0.1, 0.15) is 11.2 Å². The Labute approximate surface area is 357 Å². The van der Waals surface area contributed by atoms with Crippen molar-refractivity contribution in [3.05, 3.63) is 204 Å². The zero-order chi connectivity index (χ0) is 42.0. The zero-order valence-corrected chi connectivity index (χ0v) is 35.6. The lowest BCUT2D eigenvalue weighted by atomic mass is 9.63. The molecule has 0 saturated heterocycles. The summed E-state index contributed by atoms with van der Waals surface area (Å²) in [5.74, 6) is 0.529. The Morgan fingerprint density at radius 1 is 0.574 bits per heavy atom. The number of furan rings is 1. The summed E-state index contributed by atoms with van der Waals surface area (Å²) in [6.07, 6.45) is 2.33. The molecule has 0 radical (unpaired) electrons. The standard InChI is InChI=1S/C57H49N3O/c1-36(2)54(39-21-17-22-40(33-39)60-49-28-15-13-25-43(49)46-34-47-48(35-50(46)60)57(6,7)32-31-56(47,4)5)59-55(45-27-18-30-52-53(45)44-26-14-16-29-51(44)61-52)58-37(3)41-23-11-12-24-42(41)38-19-9-8-10-20-38/h8-30,33-35H,1,3,31-32H2,2,4-7H3. The average Bonchev–Trinajstić information content (AvgIpc) is 3.82. The molecular weight excluding hydrogens is 743 g/mol. The smallest absolute Gasteiger partial charge is 0.161 e. The average molecular weight is 792 g/mol. The van der Waals surface area contributed by atoms with Gasteiger partial charge in [0.2, 0.25) is 0 Å². The van der Waals surface area contributed by atoms with E-state index >= 15 is 0 Å². The highest BCUT2D eigenvalue weighted by atomic mass is 16.3. The van der Waals surface area contributed by atoms with Crippen LogP contribution in [0, 0.1) is 0 Å². The number of fused-ring (bicyclic) bond motifs is 7. The minimum absolute atomic E-state index is 0.0759. The van der Waals surface area contributed by atoms with E-state index in [4.69, 9.17) is 14.4 Å². The van der Waals surface area contributed by atoms with Crippen molar-refractivity contribution in [1.29, 1.82) is 0 Å². The van der Waals surface area contributed by atoms with Gasteiger partial charge in [0.15, 0.2) is 5.84 Å². The van der Waals surface area contributed by atoms with Gasteiger partial charge in [-0.2, -0.15) is 0 Å². The summed E-state index contributed by atoms with van der Waals surface area (Å²) in [6.45, 7) is 20.7. The second-order valence-corrected chi connectivity index (χ2v) is 17.9. The quantitative estimate of drug-likeness (QED) is 0.117.